The highest BCUT2D eigenvalue weighted by atomic mass is 32.2. The Morgan fingerprint density at radius 2 is 1.00 bits per heavy atom. The molecule has 137 heavy (non-hydrogen) atoms. The number of phenols is 2. The van der Waals surface area contributed by atoms with Gasteiger partial charge < -0.3 is 98.0 Å². The molecule has 734 valence electrons. The van der Waals surface area contributed by atoms with Crippen LogP contribution >= 0.6 is 11.8 Å². The van der Waals surface area contributed by atoms with Crippen molar-refractivity contribution in [3.63, 3.8) is 0 Å². The number of nitrogens with zero attached hydrogens (tertiary/aromatic N) is 6. The van der Waals surface area contributed by atoms with Gasteiger partial charge >= 0.3 is 0 Å². The van der Waals surface area contributed by atoms with E-state index in [-0.39, 0.29) is 101 Å². The average molecular weight is 1910 g/mol. The number of carbonyl (C=O) groups is 15. The number of amides is 15. The predicted octanol–water partition coefficient (Wildman–Crippen LogP) is 4.20. The van der Waals surface area contributed by atoms with Gasteiger partial charge in [0.15, 0.2) is 17.5 Å². The number of halogens is 3. The minimum absolute atomic E-state index is 0.0189. The second-order valence-corrected chi connectivity index (χ2v) is 37.4. The van der Waals surface area contributed by atoms with Gasteiger partial charge in [-0.2, -0.15) is 0 Å². The molecule has 0 aliphatic carbocycles. The van der Waals surface area contributed by atoms with Crippen molar-refractivity contribution in [2.24, 2.45) is 17.6 Å². The van der Waals surface area contributed by atoms with E-state index in [4.69, 9.17) is 5.73 Å². The van der Waals surface area contributed by atoms with Gasteiger partial charge in [-0.15, -0.1) is 11.8 Å². The molecule has 4 aliphatic heterocycles. The van der Waals surface area contributed by atoms with E-state index in [0.717, 1.165) is 19.6 Å². The van der Waals surface area contributed by atoms with Crippen LogP contribution in [0.1, 0.15) is 132 Å². The number of phenolic OH excluding ortho intramolecular Hbond substituents is 2. The number of H-pyrrole nitrogens is 1. The molecule has 4 saturated heterocycles. The maximum atomic E-state index is 16.0. The zero-order chi connectivity index (χ0) is 99.2. The third kappa shape index (κ3) is 27.5. The molecule has 1 aromatic heterocycles. The second kappa shape index (κ2) is 48.4. The molecule has 0 radical (unpaired) electrons. The maximum Gasteiger partial charge on any atom is 0.246 e. The second-order valence-electron chi connectivity index (χ2n) is 36.4. The first-order valence-electron chi connectivity index (χ1n) is 46.3. The van der Waals surface area contributed by atoms with Crippen LogP contribution in [0.15, 0.2) is 152 Å². The van der Waals surface area contributed by atoms with Crippen LogP contribution in [0.2, 0.25) is 0 Å². The molecule has 0 unspecified atom stereocenters. The number of nitrogens with one attached hydrogen (secondary N) is 9. The fraction of sp³-hybridized carbons (Fsp3) is 0.465. The van der Waals surface area contributed by atoms with Gasteiger partial charge in [-0.1, -0.05) is 151 Å². The Labute approximate surface area is 797 Å². The highest BCUT2D eigenvalue weighted by Crippen LogP contribution is 2.32. The van der Waals surface area contributed by atoms with Crippen molar-refractivity contribution in [3.8, 4) is 11.5 Å². The Balaban J connectivity index is 0.991. The minimum Gasteiger partial charge on any atom is -0.508 e. The summed E-state index contributed by atoms with van der Waals surface area (Å²) in [7, 11) is 3.90. The van der Waals surface area contributed by atoms with Crippen molar-refractivity contribution in [2.75, 3.05) is 58.8 Å². The number of para-hydroxylation sites is 1. The fourth-order valence-corrected chi connectivity index (χ4v) is 18.9. The molecule has 38 heteroatoms. The summed E-state index contributed by atoms with van der Waals surface area (Å²) in [5, 5.41) is 55.0. The molecule has 0 saturated carbocycles. The lowest BCUT2D eigenvalue weighted by atomic mass is 9.96. The highest BCUT2D eigenvalue weighted by Gasteiger charge is 2.50. The molecule has 34 nitrogen and oxygen atoms in total. The van der Waals surface area contributed by atoms with Crippen molar-refractivity contribution in [1.82, 2.24) is 76.9 Å². The van der Waals surface area contributed by atoms with Gasteiger partial charge in [0, 0.05) is 109 Å². The first kappa shape index (κ1) is 104. The summed E-state index contributed by atoms with van der Waals surface area (Å²) in [5.41, 5.74) is 8.16. The van der Waals surface area contributed by atoms with Crippen LogP contribution < -0.4 is 48.3 Å². The van der Waals surface area contributed by atoms with E-state index in [2.05, 4.69) is 47.5 Å². The average Bonchev–Trinajstić information content (AvgIpc) is 1.68. The zero-order valence-corrected chi connectivity index (χ0v) is 78.8. The molecular formula is C99H123F3N16O18S. The Kier molecular flexibility index (Phi) is 36.8. The molecule has 14 N–H and O–H groups in total. The Hall–Kier alpha value is -13.4. The van der Waals surface area contributed by atoms with Crippen LogP contribution in [0, 0.1) is 29.3 Å². The predicted molar refractivity (Wildman–Crippen MR) is 503 cm³/mol. The molecule has 0 spiro atoms. The molecule has 11 rings (SSSR count). The molecule has 7 aromatic rings. The number of fused-ring (bicyclic) bond motifs is 4. The van der Waals surface area contributed by atoms with E-state index in [0.29, 0.717) is 88.3 Å². The molecule has 4 aliphatic rings. The summed E-state index contributed by atoms with van der Waals surface area (Å²) in [6.45, 7) is 7.36. The van der Waals surface area contributed by atoms with Crippen molar-refractivity contribution in [3.05, 3.63) is 203 Å². The number of thioether (sulfide) groups is 1. The summed E-state index contributed by atoms with van der Waals surface area (Å²) in [4.78, 5) is 238. The number of unbranched alkanes of at least 4 members (excludes halogenated alkanes) is 1. The van der Waals surface area contributed by atoms with E-state index in [1.807, 2.05) is 6.92 Å². The van der Waals surface area contributed by atoms with E-state index in [9.17, 15) is 34.1 Å². The van der Waals surface area contributed by atoms with Crippen molar-refractivity contribution < 1.29 is 100 Å². The lowest BCUT2D eigenvalue weighted by Gasteiger charge is -2.38. The smallest absolute Gasteiger partial charge is 0.246 e. The third-order valence-electron chi connectivity index (χ3n) is 25.5. The quantitative estimate of drug-likeness (QED) is 0.0448. The summed E-state index contributed by atoms with van der Waals surface area (Å²) in [5.74, 6) is -21.1. The number of rotatable bonds is 21. The Bertz CT molecular complexity index is 5470. The topological polar surface area (TPSA) is 474 Å². The molecule has 15 amide bonds. The van der Waals surface area contributed by atoms with Crippen molar-refractivity contribution in [2.45, 2.75) is 222 Å². The van der Waals surface area contributed by atoms with Crippen molar-refractivity contribution >= 4 is 111 Å². The summed E-state index contributed by atoms with van der Waals surface area (Å²) in [6, 6.07) is 17.1. The molecule has 0 bridgehead atoms. The number of aliphatic hydroxyl groups is 1. The number of hydrogen-bond acceptors (Lipinski definition) is 19. The first-order valence-corrected chi connectivity index (χ1v) is 47.5. The standard InChI is InChI=1S/C99H123F3N16O18S/c1-9-10-28-79-97(134)118-53-66(121)50-82(118)98(135)117-40-21-30-78(117)92(129)112-86(57(4)5)99(136)114(7)80(47-58-22-13-11-14-23-58)93(130)110-75(45-61-33-37-65(120)38-34-61)95(132)116-39-20-19-29-77(116)91(128)109-73(49-63-51-104-70-27-18-17-26-67(63)70)90(127)108-72(44-60-31-35-64(119)36-32-60)89(126)107-71(41-56(2)3)88(125)111-76(87(124)105-52-83(103)122)54-137-55-84(123)106-74(46-62-42-68(100)85(102)69(101)43-62)94(131)115(8)81(96(133)113(79)6)48-59-24-15-12-16-25-59/h11-18,22-27,31-38,42-43,51,56-57,66,71-82,86,104,119-121H,9-10,19-21,28-30,39-41,44-50,52-55H2,1-8H3,(H2,103,122)(H,105,124)(H,106,123)(H,107,126)(H,108,127)(H,109,128)(H,110,130)(H,111,125)(H,112,129)/t66-,71+,72+,73+,74+,75+,76+,77-,78+,79+,80+,81+,82-,86+/m1/s1. The monoisotopic (exact) mass is 1910 g/mol. The number of carbonyl (C=O) groups excluding carboxylic acids is 15. The van der Waals surface area contributed by atoms with Gasteiger partial charge in [0.25, 0.3) is 0 Å². The number of hydrogen-bond donors (Lipinski definition) is 13. The van der Waals surface area contributed by atoms with Crippen LogP contribution in [0.4, 0.5) is 13.2 Å². The number of aromatic nitrogens is 1. The van der Waals surface area contributed by atoms with Gasteiger partial charge in [0.1, 0.15) is 90.0 Å². The molecule has 14 atom stereocenters. The number of aromatic amines is 1. The number of benzene rings is 6. The van der Waals surface area contributed by atoms with Gasteiger partial charge in [-0.25, -0.2) is 13.2 Å². The number of aromatic hydroxyl groups is 2. The Morgan fingerprint density at radius 1 is 0.496 bits per heavy atom. The van der Waals surface area contributed by atoms with E-state index < -0.39 is 234 Å². The molecular weight excluding hydrogens is 1790 g/mol. The minimum atomic E-state index is -1.86. The number of nitrogens with two attached hydrogens (primary N) is 1. The number of aliphatic hydroxyl groups excluding tert-OH is 1. The van der Waals surface area contributed by atoms with Crippen molar-refractivity contribution in [1.29, 1.82) is 0 Å². The zero-order valence-electron chi connectivity index (χ0n) is 78.0. The largest absolute Gasteiger partial charge is 0.508 e. The molecule has 6 aromatic carbocycles. The van der Waals surface area contributed by atoms with Crippen LogP contribution in [0.3, 0.4) is 0 Å². The first-order chi connectivity index (χ1) is 65.4. The summed E-state index contributed by atoms with van der Waals surface area (Å²) in [6.07, 6.45) is -0.272. The van der Waals surface area contributed by atoms with E-state index in [1.54, 1.807) is 131 Å². The summed E-state index contributed by atoms with van der Waals surface area (Å²) >= 11 is 0.690. The molecule has 5 heterocycles. The number of likely N-dealkylation sites (N-methyl/N-ethyl adjacent to an activating group) is 3. The van der Waals surface area contributed by atoms with Gasteiger partial charge in [0.05, 0.1) is 18.4 Å². The third-order valence-corrected chi connectivity index (χ3v) is 26.5. The summed E-state index contributed by atoms with van der Waals surface area (Å²) < 4.78 is 45.2. The van der Waals surface area contributed by atoms with E-state index >= 15 is 66.3 Å². The normalized spacial score (nSPS) is 24.4. The number of primary amides is 1. The van der Waals surface area contributed by atoms with Crippen LogP contribution in [0.5, 0.6) is 11.5 Å². The lowest BCUT2D eigenvalue weighted by molar-refractivity contribution is -0.154. The lowest BCUT2D eigenvalue weighted by Crippen LogP contribution is -2.63. The Morgan fingerprint density at radius 3 is 1.61 bits per heavy atom. The van der Waals surface area contributed by atoms with Gasteiger partial charge in [-0.3, -0.25) is 71.9 Å². The SMILES string of the molecule is CCCC[C@H]1C(=O)N2C[C@H](O)C[C@@H]2C(=O)N2CCC[C@H]2C(=O)N[C@@H](C(C)C)C(=O)N(C)[C@@H](Cc2ccccc2)C(=O)N[C@@H](Cc2ccc(O)cc2)C(=O)N2CCCC[C@@H]2C(=O)N[C@@H](Cc2c[nH]c3ccccc23)C(=O)N[C@@H](Cc2ccc(O)cc2)C(=O)N[C@@H](CC(C)C)C(=O)N[C@H](C(=O)NCC(N)=O)CSCC(=O)N[C@@H](Cc2cc(F)c(F)c(F)c2)C(=O)N(C)[C@@H](Cc2ccccc2)C(=O)N1C. The van der Waals surface area contributed by atoms with Crippen LogP contribution in [0.25, 0.3) is 10.9 Å². The highest BCUT2D eigenvalue weighted by molar-refractivity contribution is 8.00. The van der Waals surface area contributed by atoms with Gasteiger partial charge in [-0.05, 0) is 133 Å². The number of piperidine rings is 1. The van der Waals surface area contributed by atoms with E-state index in [1.165, 1.54) is 67.3 Å². The van der Waals surface area contributed by atoms with Crippen LogP contribution in [-0.4, -0.2) is 282 Å². The van der Waals surface area contributed by atoms with Crippen LogP contribution in [-0.2, 0) is 110 Å². The molecule has 4 fully saturated rings. The fourth-order valence-electron chi connectivity index (χ4n) is 18.0. The maximum absolute atomic E-state index is 16.0. The van der Waals surface area contributed by atoms with Gasteiger partial charge in [0.2, 0.25) is 88.6 Å².